The summed E-state index contributed by atoms with van der Waals surface area (Å²) in [6.07, 6.45) is 0.740. The van der Waals surface area contributed by atoms with Crippen LogP contribution >= 0.6 is 0 Å². The minimum absolute atomic E-state index is 0.0509. The molecule has 1 rings (SSSR count). The summed E-state index contributed by atoms with van der Waals surface area (Å²) in [6, 6.07) is 0. The Kier molecular flexibility index (Phi) is 1.24. The molecule has 0 spiro atoms. The van der Waals surface area contributed by atoms with Gasteiger partial charge < -0.3 is 4.74 Å². The van der Waals surface area contributed by atoms with Crippen LogP contribution in [0.15, 0.2) is 0 Å². The van der Waals surface area contributed by atoms with E-state index in [0.717, 1.165) is 0 Å². The number of hydrogen-bond donors (Lipinski definition) is 0. The zero-order valence-corrected chi connectivity index (χ0v) is 5.18. The third kappa shape index (κ3) is 0.831. The summed E-state index contributed by atoms with van der Waals surface area (Å²) in [5.74, 6) is 0.368. The van der Waals surface area contributed by atoms with E-state index in [1.54, 1.807) is 0 Å². The number of esters is 1. The fourth-order valence-corrected chi connectivity index (χ4v) is 0.800. The van der Waals surface area contributed by atoms with Crippen molar-refractivity contribution in [2.75, 3.05) is 0 Å². The maximum atomic E-state index is 10.4. The third-order valence-electron chi connectivity index (χ3n) is 1.61. The number of cyclic esters (lactones) is 1. The van der Waals surface area contributed by atoms with Crippen LogP contribution in [0.2, 0.25) is 0 Å². The molecule has 0 aromatic carbocycles. The summed E-state index contributed by atoms with van der Waals surface area (Å²) in [5.41, 5.74) is 0. The van der Waals surface area contributed by atoms with Gasteiger partial charge in [0, 0.05) is 5.92 Å². The standard InChI is InChI=1S/C6H10O2/c1-4-3-6(7)8-5(4)2/h4-5H,3H2,1-2H3/t4?,5-/m0/s1. The molecule has 0 aromatic rings. The highest BCUT2D eigenvalue weighted by molar-refractivity contribution is 5.71. The van der Waals surface area contributed by atoms with Gasteiger partial charge in [-0.25, -0.2) is 0 Å². The molecule has 1 unspecified atom stereocenters. The van der Waals surface area contributed by atoms with Crippen molar-refractivity contribution in [1.29, 1.82) is 0 Å². The van der Waals surface area contributed by atoms with E-state index in [2.05, 4.69) is 0 Å². The zero-order chi connectivity index (χ0) is 6.15. The second kappa shape index (κ2) is 1.77. The normalized spacial score (nSPS) is 37.5. The lowest BCUT2D eigenvalue weighted by molar-refractivity contribution is -0.140. The topological polar surface area (TPSA) is 26.3 Å². The molecule has 46 valence electrons. The van der Waals surface area contributed by atoms with Crippen molar-refractivity contribution >= 4 is 5.97 Å². The molecular weight excluding hydrogens is 104 g/mol. The van der Waals surface area contributed by atoms with Gasteiger partial charge in [-0.1, -0.05) is 6.92 Å². The highest BCUT2D eigenvalue weighted by Crippen LogP contribution is 2.19. The summed E-state index contributed by atoms with van der Waals surface area (Å²) in [4.78, 5) is 10.4. The molecule has 0 bridgehead atoms. The fourth-order valence-electron chi connectivity index (χ4n) is 0.800. The van der Waals surface area contributed by atoms with Crippen LogP contribution in [0.25, 0.3) is 0 Å². The third-order valence-corrected chi connectivity index (χ3v) is 1.61. The van der Waals surface area contributed by atoms with Crippen molar-refractivity contribution < 1.29 is 9.53 Å². The number of ether oxygens (including phenoxy) is 1. The number of rotatable bonds is 0. The van der Waals surface area contributed by atoms with Gasteiger partial charge in [0.05, 0.1) is 6.42 Å². The van der Waals surface area contributed by atoms with E-state index in [9.17, 15) is 4.79 Å². The number of carbonyl (C=O) groups is 1. The largest absolute Gasteiger partial charge is 0.462 e. The van der Waals surface area contributed by atoms with Crippen molar-refractivity contribution in [2.45, 2.75) is 26.4 Å². The van der Waals surface area contributed by atoms with Crippen LogP contribution in [0.5, 0.6) is 0 Å². The Morgan fingerprint density at radius 1 is 1.62 bits per heavy atom. The molecule has 0 amide bonds. The molecule has 2 nitrogen and oxygen atoms in total. The molecule has 0 aliphatic carbocycles. The first kappa shape index (κ1) is 5.60. The van der Waals surface area contributed by atoms with E-state index in [4.69, 9.17) is 4.74 Å². The molecule has 1 heterocycles. The van der Waals surface area contributed by atoms with Gasteiger partial charge in [-0.2, -0.15) is 0 Å². The van der Waals surface area contributed by atoms with E-state index in [1.807, 2.05) is 13.8 Å². The second-order valence-corrected chi connectivity index (χ2v) is 2.38. The number of carbonyl (C=O) groups excluding carboxylic acids is 1. The lowest BCUT2D eigenvalue weighted by atomic mass is 10.1. The molecule has 2 atom stereocenters. The van der Waals surface area contributed by atoms with Crippen molar-refractivity contribution in [3.05, 3.63) is 0 Å². The van der Waals surface area contributed by atoms with Crippen molar-refractivity contribution in [1.82, 2.24) is 0 Å². The minimum Gasteiger partial charge on any atom is -0.462 e. The molecule has 1 saturated heterocycles. The van der Waals surface area contributed by atoms with Crippen molar-refractivity contribution in [2.24, 2.45) is 5.92 Å². The quantitative estimate of drug-likeness (QED) is 0.438. The Bertz CT molecular complexity index is 97.1. The summed E-state index contributed by atoms with van der Waals surface area (Å²) < 4.78 is 4.83. The molecule has 1 aliphatic rings. The zero-order valence-electron chi connectivity index (χ0n) is 5.18. The smallest absolute Gasteiger partial charge is 0.306 e. The fraction of sp³-hybridized carbons (Fsp3) is 0.833. The first-order valence-corrected chi connectivity index (χ1v) is 2.89. The molecule has 0 radical (unpaired) electrons. The van der Waals surface area contributed by atoms with E-state index in [0.29, 0.717) is 12.3 Å². The SMILES string of the molecule is CC1CC(=O)O[C@H]1C. The summed E-state index contributed by atoms with van der Waals surface area (Å²) in [7, 11) is 0. The maximum Gasteiger partial charge on any atom is 0.306 e. The summed E-state index contributed by atoms with van der Waals surface area (Å²) >= 11 is 0. The van der Waals surface area contributed by atoms with Crippen LogP contribution in [-0.4, -0.2) is 12.1 Å². The second-order valence-electron chi connectivity index (χ2n) is 2.38. The molecule has 0 N–H and O–H groups in total. The first-order chi connectivity index (χ1) is 3.70. The van der Waals surface area contributed by atoms with Gasteiger partial charge in [0.2, 0.25) is 0 Å². The van der Waals surface area contributed by atoms with Gasteiger partial charge in [-0.15, -0.1) is 0 Å². The van der Waals surface area contributed by atoms with Crippen molar-refractivity contribution in [3.8, 4) is 0 Å². The van der Waals surface area contributed by atoms with E-state index >= 15 is 0 Å². The Balaban J connectivity index is 2.51. The summed E-state index contributed by atoms with van der Waals surface area (Å²) in [5, 5.41) is 0. The molecule has 2 heteroatoms. The Labute approximate surface area is 48.8 Å². The summed E-state index contributed by atoms with van der Waals surface area (Å²) in [6.45, 7) is 3.95. The maximum absolute atomic E-state index is 10.4. The van der Waals surface area contributed by atoms with E-state index in [1.165, 1.54) is 0 Å². The van der Waals surface area contributed by atoms with Crippen LogP contribution in [0, 0.1) is 5.92 Å². The predicted molar refractivity (Wildman–Crippen MR) is 29.3 cm³/mol. The van der Waals surface area contributed by atoms with Crippen LogP contribution in [0.4, 0.5) is 0 Å². The van der Waals surface area contributed by atoms with Gasteiger partial charge in [0.1, 0.15) is 6.10 Å². The Hall–Kier alpha value is -0.530. The Morgan fingerprint density at radius 3 is 2.38 bits per heavy atom. The monoisotopic (exact) mass is 114 g/mol. The molecule has 0 saturated carbocycles. The molecule has 8 heavy (non-hydrogen) atoms. The molecule has 1 aliphatic heterocycles. The van der Waals surface area contributed by atoms with Gasteiger partial charge in [0.15, 0.2) is 0 Å². The lowest BCUT2D eigenvalue weighted by Gasteiger charge is -2.03. The van der Waals surface area contributed by atoms with Crippen LogP contribution in [-0.2, 0) is 9.53 Å². The molecule has 0 aromatic heterocycles. The van der Waals surface area contributed by atoms with Crippen molar-refractivity contribution in [3.63, 3.8) is 0 Å². The average Bonchev–Trinajstić information content (AvgIpc) is 1.85. The van der Waals surface area contributed by atoms with Gasteiger partial charge in [0.25, 0.3) is 0 Å². The minimum atomic E-state index is -0.0509. The van der Waals surface area contributed by atoms with Crippen LogP contribution in [0.1, 0.15) is 20.3 Å². The first-order valence-electron chi connectivity index (χ1n) is 2.89. The van der Waals surface area contributed by atoms with Gasteiger partial charge in [-0.3, -0.25) is 4.79 Å². The van der Waals surface area contributed by atoms with Crippen LogP contribution < -0.4 is 0 Å². The predicted octanol–water partition coefficient (Wildman–Crippen LogP) is 0.958. The Morgan fingerprint density at radius 2 is 2.25 bits per heavy atom. The highest BCUT2D eigenvalue weighted by Gasteiger charge is 2.26. The number of hydrogen-bond acceptors (Lipinski definition) is 2. The lowest BCUT2D eigenvalue weighted by Crippen LogP contribution is -2.06. The van der Waals surface area contributed by atoms with Gasteiger partial charge >= 0.3 is 5.97 Å². The van der Waals surface area contributed by atoms with E-state index < -0.39 is 0 Å². The molecule has 1 fully saturated rings. The molecular formula is C6H10O2. The average molecular weight is 114 g/mol. The van der Waals surface area contributed by atoms with Crippen LogP contribution in [0.3, 0.4) is 0 Å². The van der Waals surface area contributed by atoms with E-state index in [-0.39, 0.29) is 12.1 Å². The highest BCUT2D eigenvalue weighted by atomic mass is 16.5. The van der Waals surface area contributed by atoms with Gasteiger partial charge in [-0.05, 0) is 6.92 Å².